The van der Waals surface area contributed by atoms with Gasteiger partial charge >= 0.3 is 5.97 Å². The summed E-state index contributed by atoms with van der Waals surface area (Å²) in [5.41, 5.74) is 2.53. The van der Waals surface area contributed by atoms with Gasteiger partial charge in [0.05, 0.1) is 6.61 Å². The van der Waals surface area contributed by atoms with Gasteiger partial charge in [-0.05, 0) is 12.5 Å². The molecule has 1 N–H and O–H groups in total. The first kappa shape index (κ1) is 17.7. The van der Waals surface area contributed by atoms with Crippen LogP contribution in [0.3, 0.4) is 0 Å². The van der Waals surface area contributed by atoms with Gasteiger partial charge in [0.15, 0.2) is 5.75 Å². The van der Waals surface area contributed by atoms with Gasteiger partial charge in [-0.3, -0.25) is 14.6 Å². The van der Waals surface area contributed by atoms with Gasteiger partial charge in [0.25, 0.3) is 0 Å². The van der Waals surface area contributed by atoms with Crippen molar-refractivity contribution in [3.63, 3.8) is 0 Å². The van der Waals surface area contributed by atoms with Gasteiger partial charge in [0.2, 0.25) is 5.82 Å². The predicted octanol–water partition coefficient (Wildman–Crippen LogP) is 2.51. The Morgan fingerprint density at radius 1 is 1.27 bits per heavy atom. The molecule has 0 fully saturated rings. The van der Waals surface area contributed by atoms with E-state index in [4.69, 9.17) is 9.47 Å². The molecule has 136 valence electrons. The maximum Gasteiger partial charge on any atom is 0.302 e. The summed E-state index contributed by atoms with van der Waals surface area (Å²) >= 11 is 0. The van der Waals surface area contributed by atoms with Crippen LogP contribution in [0.15, 0.2) is 36.7 Å². The standard InChI is InChI=1S/C18H21N5O3/c1-13-17(26-11-15-7-4-3-5-8-15)16(18-19-12-20-21-18)23(22-13)9-6-10-25-14(2)24/h3-5,7-8,12H,6,9-11H2,1-2H3,(H,19,20,21). The number of H-pyrrole nitrogens is 1. The van der Waals surface area contributed by atoms with Crippen LogP contribution in [0, 0.1) is 6.92 Å². The van der Waals surface area contributed by atoms with Crippen LogP contribution in [0.5, 0.6) is 5.75 Å². The number of aromatic nitrogens is 5. The van der Waals surface area contributed by atoms with E-state index >= 15 is 0 Å². The lowest BCUT2D eigenvalue weighted by molar-refractivity contribution is -0.141. The molecule has 2 heterocycles. The van der Waals surface area contributed by atoms with Crippen molar-refractivity contribution in [1.82, 2.24) is 25.0 Å². The summed E-state index contributed by atoms with van der Waals surface area (Å²) in [6, 6.07) is 9.92. The van der Waals surface area contributed by atoms with Crippen molar-refractivity contribution >= 4 is 5.97 Å². The van der Waals surface area contributed by atoms with Crippen molar-refractivity contribution in [1.29, 1.82) is 0 Å². The van der Waals surface area contributed by atoms with E-state index in [-0.39, 0.29) is 5.97 Å². The highest BCUT2D eigenvalue weighted by Crippen LogP contribution is 2.31. The first-order valence-electron chi connectivity index (χ1n) is 8.39. The molecular weight excluding hydrogens is 334 g/mol. The normalized spacial score (nSPS) is 10.7. The molecule has 0 unspecified atom stereocenters. The second-order valence-corrected chi connectivity index (χ2v) is 5.78. The van der Waals surface area contributed by atoms with Gasteiger partial charge in [0.1, 0.15) is 24.3 Å². The maximum atomic E-state index is 10.9. The minimum absolute atomic E-state index is 0.289. The van der Waals surface area contributed by atoms with Gasteiger partial charge in [-0.15, -0.1) is 0 Å². The number of carbonyl (C=O) groups is 1. The number of nitrogens with one attached hydrogen (secondary N) is 1. The zero-order valence-corrected chi connectivity index (χ0v) is 14.8. The largest absolute Gasteiger partial charge is 0.485 e. The van der Waals surface area contributed by atoms with E-state index in [1.807, 2.05) is 37.3 Å². The topological polar surface area (TPSA) is 94.9 Å². The molecule has 3 rings (SSSR count). The highest BCUT2D eigenvalue weighted by molar-refractivity contribution is 5.65. The number of esters is 1. The van der Waals surface area contributed by atoms with E-state index in [0.29, 0.717) is 43.4 Å². The molecule has 0 radical (unpaired) electrons. The second-order valence-electron chi connectivity index (χ2n) is 5.78. The van der Waals surface area contributed by atoms with E-state index in [9.17, 15) is 4.79 Å². The Balaban J connectivity index is 1.80. The number of benzene rings is 1. The third-order valence-corrected chi connectivity index (χ3v) is 3.74. The lowest BCUT2D eigenvalue weighted by atomic mass is 10.2. The molecule has 0 aliphatic heterocycles. The Hall–Kier alpha value is -3.16. The molecule has 0 aliphatic carbocycles. The minimum Gasteiger partial charge on any atom is -0.485 e. The van der Waals surface area contributed by atoms with Crippen molar-refractivity contribution in [2.45, 2.75) is 33.4 Å². The fourth-order valence-corrected chi connectivity index (χ4v) is 2.60. The average molecular weight is 355 g/mol. The molecule has 8 nitrogen and oxygen atoms in total. The third kappa shape index (κ3) is 4.27. The Morgan fingerprint density at radius 3 is 2.77 bits per heavy atom. The minimum atomic E-state index is -0.289. The van der Waals surface area contributed by atoms with Crippen molar-refractivity contribution < 1.29 is 14.3 Å². The summed E-state index contributed by atoms with van der Waals surface area (Å²) in [7, 11) is 0. The Morgan fingerprint density at radius 2 is 2.08 bits per heavy atom. The van der Waals surface area contributed by atoms with Gasteiger partial charge in [-0.1, -0.05) is 30.3 Å². The molecule has 1 aromatic carbocycles. The Bertz CT molecular complexity index is 843. The summed E-state index contributed by atoms with van der Waals surface area (Å²) in [6.45, 7) is 4.61. The monoisotopic (exact) mass is 355 g/mol. The molecule has 0 atom stereocenters. The number of aromatic amines is 1. The maximum absolute atomic E-state index is 10.9. The molecule has 0 saturated carbocycles. The van der Waals surface area contributed by atoms with Gasteiger partial charge < -0.3 is 9.47 Å². The molecule has 3 aromatic rings. The number of ether oxygens (including phenoxy) is 2. The first-order chi connectivity index (χ1) is 12.6. The van der Waals surface area contributed by atoms with Gasteiger partial charge in [0, 0.05) is 19.9 Å². The molecule has 0 bridgehead atoms. The zero-order valence-electron chi connectivity index (χ0n) is 14.8. The molecular formula is C18H21N5O3. The van der Waals surface area contributed by atoms with Crippen molar-refractivity contribution in [2.24, 2.45) is 0 Å². The van der Waals surface area contributed by atoms with Crippen LogP contribution in [0.4, 0.5) is 0 Å². The Kier molecular flexibility index (Phi) is 5.62. The average Bonchev–Trinajstić information content (AvgIpc) is 3.25. The van der Waals surface area contributed by atoms with Crippen LogP contribution in [-0.4, -0.2) is 37.5 Å². The van der Waals surface area contributed by atoms with E-state index < -0.39 is 0 Å². The van der Waals surface area contributed by atoms with Gasteiger partial charge in [-0.2, -0.15) is 10.2 Å². The summed E-state index contributed by atoms with van der Waals surface area (Å²) in [6.07, 6.45) is 2.15. The Labute approximate surface area is 151 Å². The molecule has 0 aliphatic rings. The number of hydrogen-bond donors (Lipinski definition) is 1. The molecule has 8 heteroatoms. The van der Waals surface area contributed by atoms with Crippen LogP contribution in [0.2, 0.25) is 0 Å². The fourth-order valence-electron chi connectivity index (χ4n) is 2.60. The van der Waals surface area contributed by atoms with Crippen LogP contribution < -0.4 is 4.74 Å². The van der Waals surface area contributed by atoms with Crippen LogP contribution in [0.1, 0.15) is 24.6 Å². The highest BCUT2D eigenvalue weighted by atomic mass is 16.5. The van der Waals surface area contributed by atoms with E-state index in [1.54, 1.807) is 4.68 Å². The summed E-state index contributed by atoms with van der Waals surface area (Å²) in [4.78, 5) is 15.1. The number of nitrogens with zero attached hydrogens (tertiary/aromatic N) is 4. The number of carbonyl (C=O) groups excluding carboxylic acids is 1. The molecule has 2 aromatic heterocycles. The highest BCUT2D eigenvalue weighted by Gasteiger charge is 2.21. The van der Waals surface area contributed by atoms with Crippen molar-refractivity contribution in [3.8, 4) is 17.3 Å². The van der Waals surface area contributed by atoms with Crippen LogP contribution in [0.25, 0.3) is 11.5 Å². The first-order valence-corrected chi connectivity index (χ1v) is 8.39. The van der Waals surface area contributed by atoms with Gasteiger partial charge in [-0.25, -0.2) is 4.98 Å². The van der Waals surface area contributed by atoms with Crippen molar-refractivity contribution in [2.75, 3.05) is 6.61 Å². The quantitative estimate of drug-likeness (QED) is 0.493. The lowest BCUT2D eigenvalue weighted by Crippen LogP contribution is -2.08. The van der Waals surface area contributed by atoms with E-state index in [0.717, 1.165) is 11.3 Å². The van der Waals surface area contributed by atoms with E-state index in [2.05, 4.69) is 20.3 Å². The van der Waals surface area contributed by atoms with Crippen LogP contribution >= 0.6 is 0 Å². The molecule has 0 saturated heterocycles. The van der Waals surface area contributed by atoms with E-state index in [1.165, 1.54) is 13.3 Å². The third-order valence-electron chi connectivity index (χ3n) is 3.74. The zero-order chi connectivity index (χ0) is 18.4. The molecule has 0 amide bonds. The second kappa shape index (κ2) is 8.28. The summed E-state index contributed by atoms with van der Waals surface area (Å²) in [5, 5.41) is 11.4. The SMILES string of the molecule is CC(=O)OCCCn1nc(C)c(OCc2ccccc2)c1-c1nc[nH]n1. The fraction of sp³-hybridized carbons (Fsp3) is 0.333. The predicted molar refractivity (Wildman–Crippen MR) is 94.4 cm³/mol. The van der Waals surface area contributed by atoms with Crippen molar-refractivity contribution in [3.05, 3.63) is 47.9 Å². The lowest BCUT2D eigenvalue weighted by Gasteiger charge is -2.09. The van der Waals surface area contributed by atoms with Crippen LogP contribution in [-0.2, 0) is 22.7 Å². The molecule has 0 spiro atoms. The summed E-state index contributed by atoms with van der Waals surface area (Å²) < 4.78 is 12.8. The number of rotatable bonds is 8. The number of aryl methyl sites for hydroxylation is 2. The number of hydrogen-bond acceptors (Lipinski definition) is 6. The molecule has 26 heavy (non-hydrogen) atoms. The summed E-state index contributed by atoms with van der Waals surface area (Å²) in [5.74, 6) is 0.879. The smallest absolute Gasteiger partial charge is 0.302 e.